The molecule has 5 heteroatoms. The molecule has 0 unspecified atom stereocenters. The number of benzene rings is 2. The molecular weight excluding hydrogens is 272 g/mol. The van der Waals surface area contributed by atoms with E-state index >= 15 is 0 Å². The fourth-order valence-corrected chi connectivity index (χ4v) is 2.88. The van der Waals surface area contributed by atoms with E-state index in [2.05, 4.69) is 17.0 Å². The third kappa shape index (κ3) is 3.30. The van der Waals surface area contributed by atoms with Crippen LogP contribution in [0.2, 0.25) is 0 Å². The predicted molar refractivity (Wildman–Crippen MR) is 82.6 cm³/mol. The van der Waals surface area contributed by atoms with Gasteiger partial charge in [0.2, 0.25) is 0 Å². The number of anilines is 2. The molecule has 0 radical (unpaired) electrons. The number of hydrogen-bond donors (Lipinski definition) is 2. The topological polar surface area (TPSA) is 58.2 Å². The Morgan fingerprint density at radius 2 is 1.45 bits per heavy atom. The molecule has 2 N–H and O–H groups in total. The van der Waals surface area contributed by atoms with Crippen LogP contribution < -0.4 is 10.0 Å². The third-order valence-electron chi connectivity index (χ3n) is 3.07. The Bertz CT molecular complexity index is 662. The minimum atomic E-state index is -3.54. The van der Waals surface area contributed by atoms with Crippen LogP contribution in [0.1, 0.15) is 12.5 Å². The summed E-state index contributed by atoms with van der Waals surface area (Å²) in [7, 11) is -1.75. The molecule has 20 heavy (non-hydrogen) atoms. The molecule has 0 atom stereocenters. The highest BCUT2D eigenvalue weighted by atomic mass is 32.2. The Morgan fingerprint density at radius 1 is 0.900 bits per heavy atom. The summed E-state index contributed by atoms with van der Waals surface area (Å²) >= 11 is 0. The predicted octanol–water partition coefficient (Wildman–Crippen LogP) is 3.09. The molecule has 0 aromatic heterocycles. The SMILES string of the molecule is CCc1ccc(NS(=O)(=O)c2ccc(NC)cc2)cc1. The number of nitrogens with one attached hydrogen (secondary N) is 2. The van der Waals surface area contributed by atoms with Gasteiger partial charge in [-0.1, -0.05) is 19.1 Å². The van der Waals surface area contributed by atoms with Crippen LogP contribution in [0.25, 0.3) is 0 Å². The van der Waals surface area contributed by atoms with Gasteiger partial charge in [-0.15, -0.1) is 0 Å². The molecule has 0 spiro atoms. The maximum Gasteiger partial charge on any atom is 0.261 e. The molecule has 0 fully saturated rings. The Labute approximate surface area is 119 Å². The fraction of sp³-hybridized carbons (Fsp3) is 0.200. The van der Waals surface area contributed by atoms with Crippen LogP contribution in [0.15, 0.2) is 53.4 Å². The Balaban J connectivity index is 2.20. The number of rotatable bonds is 5. The van der Waals surface area contributed by atoms with Gasteiger partial charge >= 0.3 is 0 Å². The van der Waals surface area contributed by atoms with E-state index in [4.69, 9.17) is 0 Å². The van der Waals surface area contributed by atoms with Crippen LogP contribution in [-0.4, -0.2) is 15.5 Å². The summed E-state index contributed by atoms with van der Waals surface area (Å²) in [6, 6.07) is 14.0. The van der Waals surface area contributed by atoms with Crippen molar-refractivity contribution >= 4 is 21.4 Å². The van der Waals surface area contributed by atoms with Crippen LogP contribution in [-0.2, 0) is 16.4 Å². The highest BCUT2D eigenvalue weighted by Crippen LogP contribution is 2.18. The largest absolute Gasteiger partial charge is 0.388 e. The van der Waals surface area contributed by atoms with Gasteiger partial charge in [0.25, 0.3) is 10.0 Å². The zero-order valence-electron chi connectivity index (χ0n) is 11.6. The van der Waals surface area contributed by atoms with Crippen molar-refractivity contribution in [1.29, 1.82) is 0 Å². The molecule has 0 aliphatic carbocycles. The van der Waals surface area contributed by atoms with Crippen LogP contribution in [0.4, 0.5) is 11.4 Å². The van der Waals surface area contributed by atoms with Crippen LogP contribution in [0, 0.1) is 0 Å². The van der Waals surface area contributed by atoms with E-state index in [1.807, 2.05) is 12.1 Å². The second-order valence-corrected chi connectivity index (χ2v) is 6.11. The van der Waals surface area contributed by atoms with Crippen molar-refractivity contribution in [2.45, 2.75) is 18.2 Å². The highest BCUT2D eigenvalue weighted by molar-refractivity contribution is 7.92. The second-order valence-electron chi connectivity index (χ2n) is 4.43. The van der Waals surface area contributed by atoms with Crippen molar-refractivity contribution in [3.63, 3.8) is 0 Å². The van der Waals surface area contributed by atoms with Gasteiger partial charge in [-0.3, -0.25) is 4.72 Å². The number of aryl methyl sites for hydroxylation is 1. The van der Waals surface area contributed by atoms with E-state index in [0.29, 0.717) is 5.69 Å². The maximum atomic E-state index is 12.2. The summed E-state index contributed by atoms with van der Waals surface area (Å²) in [6.07, 6.45) is 0.929. The minimum absolute atomic E-state index is 0.246. The molecule has 0 amide bonds. The molecule has 2 rings (SSSR count). The quantitative estimate of drug-likeness (QED) is 0.889. The molecule has 0 aliphatic rings. The summed E-state index contributed by atoms with van der Waals surface area (Å²) in [5, 5.41) is 2.95. The Morgan fingerprint density at radius 3 is 1.95 bits per heavy atom. The number of hydrogen-bond acceptors (Lipinski definition) is 3. The molecular formula is C15H18N2O2S. The lowest BCUT2D eigenvalue weighted by Crippen LogP contribution is -2.12. The summed E-state index contributed by atoms with van der Waals surface area (Å²) in [5.41, 5.74) is 2.61. The third-order valence-corrected chi connectivity index (χ3v) is 4.46. The zero-order valence-corrected chi connectivity index (χ0v) is 12.4. The first-order chi connectivity index (χ1) is 9.55. The molecule has 106 valence electrons. The first kappa shape index (κ1) is 14.4. The molecule has 4 nitrogen and oxygen atoms in total. The average molecular weight is 290 g/mol. The highest BCUT2D eigenvalue weighted by Gasteiger charge is 2.13. The van der Waals surface area contributed by atoms with Crippen molar-refractivity contribution in [1.82, 2.24) is 0 Å². The van der Waals surface area contributed by atoms with Crippen LogP contribution >= 0.6 is 0 Å². The molecule has 0 heterocycles. The van der Waals surface area contributed by atoms with Crippen molar-refractivity contribution < 1.29 is 8.42 Å². The average Bonchev–Trinajstić information content (AvgIpc) is 2.48. The first-order valence-corrected chi connectivity index (χ1v) is 7.93. The Kier molecular flexibility index (Phi) is 4.29. The summed E-state index contributed by atoms with van der Waals surface area (Å²) in [5.74, 6) is 0. The standard InChI is InChI=1S/C15H18N2O2S/c1-3-12-4-6-14(7-5-12)17-20(18,19)15-10-8-13(16-2)9-11-15/h4-11,16-17H,3H2,1-2H3. The first-order valence-electron chi connectivity index (χ1n) is 6.44. The monoisotopic (exact) mass is 290 g/mol. The minimum Gasteiger partial charge on any atom is -0.388 e. The molecule has 0 saturated heterocycles. The van der Waals surface area contributed by atoms with Gasteiger partial charge in [-0.05, 0) is 48.4 Å². The zero-order chi connectivity index (χ0) is 14.6. The van der Waals surface area contributed by atoms with E-state index in [1.54, 1.807) is 43.4 Å². The van der Waals surface area contributed by atoms with Gasteiger partial charge in [0, 0.05) is 18.4 Å². The van der Waals surface area contributed by atoms with Crippen LogP contribution in [0.3, 0.4) is 0 Å². The lowest BCUT2D eigenvalue weighted by molar-refractivity contribution is 0.601. The fourth-order valence-electron chi connectivity index (χ4n) is 1.82. The van der Waals surface area contributed by atoms with Gasteiger partial charge in [-0.25, -0.2) is 8.42 Å². The van der Waals surface area contributed by atoms with Crippen molar-refractivity contribution in [2.24, 2.45) is 0 Å². The summed E-state index contributed by atoms with van der Waals surface area (Å²) in [6.45, 7) is 2.06. The van der Waals surface area contributed by atoms with E-state index in [0.717, 1.165) is 12.1 Å². The molecule has 0 saturated carbocycles. The van der Waals surface area contributed by atoms with Crippen molar-refractivity contribution in [3.05, 3.63) is 54.1 Å². The second kappa shape index (κ2) is 5.96. The maximum absolute atomic E-state index is 12.2. The lowest BCUT2D eigenvalue weighted by Gasteiger charge is -2.09. The van der Waals surface area contributed by atoms with Gasteiger partial charge in [0.15, 0.2) is 0 Å². The van der Waals surface area contributed by atoms with E-state index in [9.17, 15) is 8.42 Å². The summed E-state index contributed by atoms with van der Waals surface area (Å²) in [4.78, 5) is 0.246. The van der Waals surface area contributed by atoms with E-state index < -0.39 is 10.0 Å². The molecule has 2 aromatic carbocycles. The van der Waals surface area contributed by atoms with Crippen molar-refractivity contribution in [2.75, 3.05) is 17.1 Å². The van der Waals surface area contributed by atoms with Gasteiger partial charge in [0.1, 0.15) is 0 Å². The molecule has 0 aliphatic heterocycles. The van der Waals surface area contributed by atoms with Crippen molar-refractivity contribution in [3.8, 4) is 0 Å². The van der Waals surface area contributed by atoms with E-state index in [-0.39, 0.29) is 4.90 Å². The van der Waals surface area contributed by atoms with Crippen LogP contribution in [0.5, 0.6) is 0 Å². The molecule has 0 bridgehead atoms. The lowest BCUT2D eigenvalue weighted by atomic mass is 10.2. The van der Waals surface area contributed by atoms with E-state index in [1.165, 1.54) is 5.56 Å². The Hall–Kier alpha value is -2.01. The van der Waals surface area contributed by atoms with Gasteiger partial charge < -0.3 is 5.32 Å². The normalized spacial score (nSPS) is 11.1. The molecule has 2 aromatic rings. The number of sulfonamides is 1. The van der Waals surface area contributed by atoms with Gasteiger partial charge in [0.05, 0.1) is 4.90 Å². The summed E-state index contributed by atoms with van der Waals surface area (Å²) < 4.78 is 27.0. The van der Waals surface area contributed by atoms with Gasteiger partial charge in [-0.2, -0.15) is 0 Å². The smallest absolute Gasteiger partial charge is 0.261 e.